The number of rotatable bonds is 0. The van der Waals surface area contributed by atoms with E-state index in [4.69, 9.17) is 0 Å². The van der Waals surface area contributed by atoms with E-state index in [2.05, 4.69) is 287 Å². The summed E-state index contributed by atoms with van der Waals surface area (Å²) in [6.45, 7) is 57.1. The normalized spacial score (nSPS) is 13.4. The van der Waals surface area contributed by atoms with E-state index in [-0.39, 0.29) is 32.5 Å². The summed E-state index contributed by atoms with van der Waals surface area (Å²) in [4.78, 5) is 0. The summed E-state index contributed by atoms with van der Waals surface area (Å²) in [6, 6.07) is 50.4. The zero-order valence-corrected chi connectivity index (χ0v) is 54.5. The van der Waals surface area contributed by atoms with E-state index < -0.39 is 0 Å². The van der Waals surface area contributed by atoms with E-state index in [1.54, 1.807) is 0 Å². The Bertz CT molecular complexity index is 4110. The lowest BCUT2D eigenvalue weighted by Crippen LogP contribution is -2.12. The van der Waals surface area contributed by atoms with Gasteiger partial charge in [-0.05, 0) is 273 Å². The molecule has 0 saturated heterocycles. The van der Waals surface area contributed by atoms with Crippen LogP contribution in [0.2, 0.25) is 0 Å². The Hall–Kier alpha value is -6.76. The SMILES string of the molecule is Cc1c2ccc3cc(C(C)(C)C)cc(c3C)c3cc4c5cc(C(C)(C)C)cc(c5C)c5cc6c7cc(C(C)(C)C)cc(ccc8cc(C(C)(C)C)cc(c8C)c6cc5c5cc(C(C)(C)C)cc(c5C)c4cc3c1cc(C(C)(C)C)c2)c7C. The maximum absolute atomic E-state index is 2.65. The van der Waals surface area contributed by atoms with Crippen LogP contribution in [0.3, 0.4) is 0 Å². The maximum Gasteiger partial charge on any atom is -0.00957 e. The zero-order valence-electron chi connectivity index (χ0n) is 54.5. The molecule has 0 heteroatoms. The van der Waals surface area contributed by atoms with Gasteiger partial charge in [-0.15, -0.1) is 0 Å². The average Bonchev–Trinajstić information content (AvgIpc) is 1.02. The summed E-state index contributed by atoms with van der Waals surface area (Å²) in [7, 11) is 0. The largest absolute Gasteiger partial charge is 0.0561 e. The van der Waals surface area contributed by atoms with Crippen LogP contribution in [-0.2, 0) is 32.5 Å². The molecular weight excluding hydrogens is 985 g/mol. The number of aryl methyl sites for hydroxylation is 6. The summed E-state index contributed by atoms with van der Waals surface area (Å²) in [5, 5.41) is 25.9. The molecule has 0 aliphatic carbocycles. The van der Waals surface area contributed by atoms with Crippen LogP contribution in [0.25, 0.3) is 108 Å². The maximum atomic E-state index is 2.65. The van der Waals surface area contributed by atoms with Gasteiger partial charge in [0, 0.05) is 0 Å². The first-order chi connectivity index (χ1) is 37.9. The minimum atomic E-state index is -0.148. The molecule has 0 amide bonds. The van der Waals surface area contributed by atoms with Crippen LogP contribution in [-0.4, -0.2) is 0 Å². The third-order valence-corrected chi connectivity index (χ3v) is 19.3. The van der Waals surface area contributed by atoms with Gasteiger partial charge in [-0.1, -0.05) is 222 Å². The van der Waals surface area contributed by atoms with Crippen LogP contribution in [0.1, 0.15) is 191 Å². The van der Waals surface area contributed by atoms with Crippen LogP contribution < -0.4 is 0 Å². The van der Waals surface area contributed by atoms with E-state index in [0.29, 0.717) is 0 Å². The Labute approximate surface area is 491 Å². The highest BCUT2D eigenvalue weighted by molar-refractivity contribution is 6.25. The van der Waals surface area contributed by atoms with Crippen molar-refractivity contribution in [3.05, 3.63) is 188 Å². The van der Waals surface area contributed by atoms with Crippen molar-refractivity contribution in [1.29, 1.82) is 0 Å². The smallest absolute Gasteiger partial charge is 0.00957 e. The molecule has 0 saturated carbocycles. The van der Waals surface area contributed by atoms with Crippen molar-refractivity contribution in [2.75, 3.05) is 0 Å². The summed E-state index contributed by atoms with van der Waals surface area (Å²) in [5.41, 5.74) is 15.4. The zero-order chi connectivity index (χ0) is 59.6. The van der Waals surface area contributed by atoms with Crippen molar-refractivity contribution in [3.63, 3.8) is 0 Å². The second-order valence-corrected chi connectivity index (χ2v) is 31.4. The molecule has 11 aromatic rings. The second-order valence-electron chi connectivity index (χ2n) is 31.4. The highest BCUT2D eigenvalue weighted by Gasteiger charge is 2.25. The molecule has 11 aromatic carbocycles. The van der Waals surface area contributed by atoms with Gasteiger partial charge in [0.15, 0.2) is 0 Å². The van der Waals surface area contributed by atoms with Gasteiger partial charge in [-0.3, -0.25) is 0 Å². The fourth-order valence-electron chi connectivity index (χ4n) is 13.2. The average molecular weight is 1080 g/mol. The van der Waals surface area contributed by atoms with Gasteiger partial charge >= 0.3 is 0 Å². The summed E-state index contributed by atoms with van der Waals surface area (Å²) < 4.78 is 0. The number of hydrogen-bond donors (Lipinski definition) is 0. The molecule has 0 nitrogen and oxygen atoms in total. The predicted molar refractivity (Wildman–Crippen MR) is 369 cm³/mol. The molecular formula is C82H92. The van der Waals surface area contributed by atoms with Gasteiger partial charge in [-0.2, -0.15) is 0 Å². The monoisotopic (exact) mass is 1080 g/mol. The van der Waals surface area contributed by atoms with Crippen LogP contribution >= 0.6 is 0 Å². The fourth-order valence-corrected chi connectivity index (χ4v) is 13.2. The van der Waals surface area contributed by atoms with Crippen molar-refractivity contribution in [3.8, 4) is 0 Å². The summed E-state index contributed by atoms with van der Waals surface area (Å²) >= 11 is 0. The van der Waals surface area contributed by atoms with Crippen LogP contribution in [0.5, 0.6) is 0 Å². The van der Waals surface area contributed by atoms with Crippen molar-refractivity contribution in [2.45, 2.75) is 199 Å². The Balaban J connectivity index is 1.54. The van der Waals surface area contributed by atoms with Crippen molar-refractivity contribution in [1.82, 2.24) is 0 Å². The Morgan fingerprint density at radius 1 is 0.159 bits per heavy atom. The lowest BCUT2D eigenvalue weighted by atomic mass is 9.80. The molecule has 0 heterocycles. The summed E-state index contributed by atoms with van der Waals surface area (Å²) in [5.74, 6) is 0. The molecule has 0 unspecified atom stereocenters. The highest BCUT2D eigenvalue weighted by Crippen LogP contribution is 2.46. The van der Waals surface area contributed by atoms with Crippen LogP contribution in [0.15, 0.2) is 121 Å². The molecule has 0 N–H and O–H groups in total. The third-order valence-electron chi connectivity index (χ3n) is 19.3. The Kier molecular flexibility index (Phi) is 13.1. The molecule has 0 atom stereocenters. The molecule has 0 radical (unpaired) electrons. The van der Waals surface area contributed by atoms with E-state index in [0.717, 1.165) is 0 Å². The first-order valence-electron chi connectivity index (χ1n) is 30.6. The first-order valence-corrected chi connectivity index (χ1v) is 30.6. The van der Waals surface area contributed by atoms with Gasteiger partial charge in [0.05, 0.1) is 0 Å². The van der Waals surface area contributed by atoms with E-state index in [1.165, 1.54) is 174 Å². The molecule has 82 heavy (non-hydrogen) atoms. The van der Waals surface area contributed by atoms with Gasteiger partial charge < -0.3 is 0 Å². The molecule has 420 valence electrons. The van der Waals surface area contributed by atoms with Gasteiger partial charge in [-0.25, -0.2) is 0 Å². The van der Waals surface area contributed by atoms with Crippen molar-refractivity contribution >= 4 is 108 Å². The highest BCUT2D eigenvalue weighted by atomic mass is 14.3. The Morgan fingerprint density at radius 2 is 0.293 bits per heavy atom. The van der Waals surface area contributed by atoms with Crippen molar-refractivity contribution < 1.29 is 0 Å². The number of hydrogen-bond acceptors (Lipinski definition) is 0. The standard InChI is InChI=1S/C82H92/c1-45-51-25-26-52-30-56(78(10,11)12)34-62(46(52)2)70-42-74-66-38-60(82(22,23)24)40-68(50(66)6)76-44-72-64-36-58(80(16,17)18)32-54(48(64)4)28-27-53-31-57(79(13,14)15)35-63(47(53)3)71(72)43-75(76)67-39-59(81(19,20)21)37-65(49(67)5)73(74)41-69(70)61(45)33-55(29-51)77(7,8)9/h25-44H,1-24H3. The van der Waals surface area contributed by atoms with Crippen LogP contribution in [0.4, 0.5) is 0 Å². The van der Waals surface area contributed by atoms with Crippen LogP contribution in [0, 0.1) is 41.5 Å². The number of fused-ring (bicyclic) bond motifs is 24. The molecule has 12 bridgehead atoms. The van der Waals surface area contributed by atoms with E-state index in [1.807, 2.05) is 0 Å². The topological polar surface area (TPSA) is 0 Å². The summed E-state index contributed by atoms with van der Waals surface area (Å²) in [6.07, 6.45) is 0. The number of benzene rings is 8. The van der Waals surface area contributed by atoms with Gasteiger partial charge in [0.2, 0.25) is 0 Å². The third kappa shape index (κ3) is 9.63. The van der Waals surface area contributed by atoms with Gasteiger partial charge in [0.1, 0.15) is 0 Å². The molecule has 0 spiro atoms. The lowest BCUT2D eigenvalue weighted by Gasteiger charge is -2.24. The quantitative estimate of drug-likeness (QED) is 0.142. The van der Waals surface area contributed by atoms with Gasteiger partial charge in [0.25, 0.3) is 0 Å². The first kappa shape index (κ1) is 57.1. The molecule has 0 aliphatic heterocycles. The lowest BCUT2D eigenvalue weighted by molar-refractivity contribution is 0.591. The van der Waals surface area contributed by atoms with E-state index >= 15 is 0 Å². The molecule has 11 rings (SSSR count). The Morgan fingerprint density at radius 3 is 0.439 bits per heavy atom. The minimum Gasteiger partial charge on any atom is -0.0561 e. The predicted octanol–water partition coefficient (Wildman–Crippen LogP) is 24.5. The minimum absolute atomic E-state index is 0.0590. The molecule has 0 fully saturated rings. The fraction of sp³-hybridized carbons (Fsp3) is 0.366. The molecule has 0 aliphatic rings. The molecule has 0 aromatic heterocycles. The van der Waals surface area contributed by atoms with Crippen molar-refractivity contribution in [2.24, 2.45) is 0 Å². The second kappa shape index (κ2) is 18.9. The van der Waals surface area contributed by atoms with E-state index in [9.17, 15) is 0 Å².